The Morgan fingerprint density at radius 1 is 1.39 bits per heavy atom. The summed E-state index contributed by atoms with van der Waals surface area (Å²) in [4.78, 5) is 0.342. The smallest absolute Gasteiger partial charge is 0.241 e. The fourth-order valence-corrected chi connectivity index (χ4v) is 3.76. The maximum absolute atomic E-state index is 12.3. The first-order chi connectivity index (χ1) is 8.50. The van der Waals surface area contributed by atoms with E-state index < -0.39 is 10.0 Å². The molecule has 0 bridgehead atoms. The van der Waals surface area contributed by atoms with E-state index in [9.17, 15) is 8.42 Å². The lowest BCUT2D eigenvalue weighted by molar-refractivity contribution is 0.0902. The number of rotatable bonds is 4. The third kappa shape index (κ3) is 2.91. The number of aryl methyl sites for hydroxylation is 1. The first kappa shape index (κ1) is 13.5. The Morgan fingerprint density at radius 2 is 2.11 bits per heavy atom. The molecule has 0 aliphatic carbocycles. The summed E-state index contributed by atoms with van der Waals surface area (Å²) in [6.07, 6.45) is 1.90. The van der Waals surface area contributed by atoms with E-state index >= 15 is 0 Å². The maximum atomic E-state index is 12.3. The molecular formula is C13H19NO3S. The molecule has 0 aromatic heterocycles. The van der Waals surface area contributed by atoms with E-state index in [-0.39, 0.29) is 12.1 Å². The van der Waals surface area contributed by atoms with Crippen LogP contribution in [-0.2, 0) is 14.8 Å². The van der Waals surface area contributed by atoms with Gasteiger partial charge in [0.1, 0.15) is 0 Å². The summed E-state index contributed by atoms with van der Waals surface area (Å²) in [6.45, 7) is 4.37. The standard InChI is InChI=1S/C13H19NO3S/c1-10-6-3-4-8-13(10)18(15,16)14-11(2)12-7-5-9-17-12/h3-4,6,8,11-12,14H,5,7,9H2,1-2H3. The second-order valence-electron chi connectivity index (χ2n) is 4.73. The first-order valence-electron chi connectivity index (χ1n) is 6.20. The highest BCUT2D eigenvalue weighted by Gasteiger charge is 2.27. The Balaban J connectivity index is 2.14. The SMILES string of the molecule is Cc1ccccc1S(=O)(=O)NC(C)C1CCCO1. The van der Waals surface area contributed by atoms with Crippen molar-refractivity contribution in [3.8, 4) is 0 Å². The minimum absolute atomic E-state index is 0.0104. The lowest BCUT2D eigenvalue weighted by atomic mass is 10.1. The van der Waals surface area contributed by atoms with E-state index in [0.717, 1.165) is 25.0 Å². The largest absolute Gasteiger partial charge is 0.377 e. The predicted molar refractivity (Wildman–Crippen MR) is 69.9 cm³/mol. The molecule has 1 aliphatic heterocycles. The van der Waals surface area contributed by atoms with Crippen molar-refractivity contribution >= 4 is 10.0 Å². The average molecular weight is 269 g/mol. The van der Waals surface area contributed by atoms with E-state index in [1.54, 1.807) is 25.1 Å². The van der Waals surface area contributed by atoms with Crippen LogP contribution in [0.1, 0.15) is 25.3 Å². The van der Waals surface area contributed by atoms with Crippen LogP contribution in [0.3, 0.4) is 0 Å². The minimum atomic E-state index is -3.46. The Hall–Kier alpha value is -0.910. The third-order valence-electron chi connectivity index (χ3n) is 3.25. The second kappa shape index (κ2) is 5.38. The second-order valence-corrected chi connectivity index (χ2v) is 6.41. The third-order valence-corrected chi connectivity index (χ3v) is 4.97. The van der Waals surface area contributed by atoms with Crippen LogP contribution < -0.4 is 4.72 Å². The molecule has 2 rings (SSSR count). The highest BCUT2D eigenvalue weighted by atomic mass is 32.2. The van der Waals surface area contributed by atoms with Crippen molar-refractivity contribution in [2.45, 2.75) is 43.7 Å². The van der Waals surface area contributed by atoms with Crippen LogP contribution in [-0.4, -0.2) is 27.2 Å². The summed E-state index contributed by atoms with van der Waals surface area (Å²) >= 11 is 0. The molecule has 1 saturated heterocycles. The zero-order chi connectivity index (χ0) is 13.2. The number of hydrogen-bond acceptors (Lipinski definition) is 3. The molecule has 1 fully saturated rings. The van der Waals surface area contributed by atoms with Crippen molar-refractivity contribution in [1.82, 2.24) is 4.72 Å². The molecule has 0 amide bonds. The van der Waals surface area contributed by atoms with Gasteiger partial charge < -0.3 is 4.74 Å². The zero-order valence-corrected chi connectivity index (χ0v) is 11.5. The van der Waals surface area contributed by atoms with Gasteiger partial charge in [-0.2, -0.15) is 0 Å². The van der Waals surface area contributed by atoms with E-state index in [1.165, 1.54) is 0 Å². The van der Waals surface area contributed by atoms with Crippen LogP contribution in [0.5, 0.6) is 0 Å². The molecule has 0 spiro atoms. The van der Waals surface area contributed by atoms with Gasteiger partial charge in [-0.15, -0.1) is 0 Å². The number of ether oxygens (including phenoxy) is 1. The van der Waals surface area contributed by atoms with Gasteiger partial charge in [-0.25, -0.2) is 13.1 Å². The topological polar surface area (TPSA) is 55.4 Å². The van der Waals surface area contributed by atoms with Crippen molar-refractivity contribution < 1.29 is 13.2 Å². The molecule has 100 valence electrons. The summed E-state index contributed by atoms with van der Waals surface area (Å²) < 4.78 is 32.7. The molecule has 2 unspecified atom stereocenters. The quantitative estimate of drug-likeness (QED) is 0.907. The monoisotopic (exact) mass is 269 g/mol. The minimum Gasteiger partial charge on any atom is -0.377 e. The summed E-state index contributed by atoms with van der Waals surface area (Å²) in [7, 11) is -3.46. The number of benzene rings is 1. The molecule has 4 nitrogen and oxygen atoms in total. The van der Waals surface area contributed by atoms with Crippen molar-refractivity contribution in [2.75, 3.05) is 6.61 Å². The molecule has 1 N–H and O–H groups in total. The maximum Gasteiger partial charge on any atom is 0.241 e. The highest BCUT2D eigenvalue weighted by molar-refractivity contribution is 7.89. The van der Waals surface area contributed by atoms with Gasteiger partial charge in [0.25, 0.3) is 0 Å². The molecule has 0 radical (unpaired) electrons. The van der Waals surface area contributed by atoms with E-state index in [0.29, 0.717) is 4.90 Å². The van der Waals surface area contributed by atoms with Crippen molar-refractivity contribution in [1.29, 1.82) is 0 Å². The van der Waals surface area contributed by atoms with Crippen LogP contribution in [0.4, 0.5) is 0 Å². The van der Waals surface area contributed by atoms with Crippen molar-refractivity contribution in [3.63, 3.8) is 0 Å². The van der Waals surface area contributed by atoms with E-state index in [4.69, 9.17) is 4.74 Å². The molecule has 2 atom stereocenters. The summed E-state index contributed by atoms with van der Waals surface area (Å²) in [6, 6.07) is 6.79. The number of nitrogens with one attached hydrogen (secondary N) is 1. The summed E-state index contributed by atoms with van der Waals surface area (Å²) in [5.41, 5.74) is 0.754. The van der Waals surface area contributed by atoms with Gasteiger partial charge in [0.05, 0.1) is 11.0 Å². The van der Waals surface area contributed by atoms with Gasteiger partial charge >= 0.3 is 0 Å². The fourth-order valence-electron chi connectivity index (χ4n) is 2.24. The van der Waals surface area contributed by atoms with Crippen LogP contribution in [0.2, 0.25) is 0 Å². The van der Waals surface area contributed by atoms with E-state index in [2.05, 4.69) is 4.72 Å². The Morgan fingerprint density at radius 3 is 2.72 bits per heavy atom. The van der Waals surface area contributed by atoms with Crippen molar-refractivity contribution in [2.24, 2.45) is 0 Å². The molecular weight excluding hydrogens is 250 g/mol. The van der Waals surface area contributed by atoms with Gasteiger partial charge in [-0.3, -0.25) is 0 Å². The van der Waals surface area contributed by atoms with Crippen LogP contribution in [0.25, 0.3) is 0 Å². The molecule has 18 heavy (non-hydrogen) atoms. The van der Waals surface area contributed by atoms with Gasteiger partial charge in [0.15, 0.2) is 0 Å². The van der Waals surface area contributed by atoms with Crippen LogP contribution in [0, 0.1) is 6.92 Å². The molecule has 1 heterocycles. The van der Waals surface area contributed by atoms with Crippen molar-refractivity contribution in [3.05, 3.63) is 29.8 Å². The fraction of sp³-hybridized carbons (Fsp3) is 0.538. The zero-order valence-electron chi connectivity index (χ0n) is 10.7. The molecule has 5 heteroatoms. The van der Waals surface area contributed by atoms with Gasteiger partial charge in [0, 0.05) is 12.6 Å². The van der Waals surface area contributed by atoms with Gasteiger partial charge in [0.2, 0.25) is 10.0 Å². The summed E-state index contributed by atoms with van der Waals surface area (Å²) in [5.74, 6) is 0. The number of sulfonamides is 1. The van der Waals surface area contributed by atoms with Gasteiger partial charge in [-0.05, 0) is 38.3 Å². The highest BCUT2D eigenvalue weighted by Crippen LogP contribution is 2.19. The first-order valence-corrected chi connectivity index (χ1v) is 7.68. The van der Waals surface area contributed by atoms with Crippen LogP contribution >= 0.6 is 0 Å². The molecule has 0 saturated carbocycles. The molecule has 1 aromatic carbocycles. The predicted octanol–water partition coefficient (Wildman–Crippen LogP) is 1.84. The van der Waals surface area contributed by atoms with Crippen LogP contribution in [0.15, 0.2) is 29.2 Å². The Labute approximate surface area is 108 Å². The summed E-state index contributed by atoms with van der Waals surface area (Å²) in [5, 5.41) is 0. The average Bonchev–Trinajstić information content (AvgIpc) is 2.82. The Kier molecular flexibility index (Phi) is 4.04. The lowest BCUT2D eigenvalue weighted by Crippen LogP contribution is -2.40. The van der Waals surface area contributed by atoms with E-state index in [1.807, 2.05) is 13.0 Å². The normalized spacial score (nSPS) is 22.0. The molecule has 1 aromatic rings. The Bertz CT molecular complexity index is 507. The molecule has 1 aliphatic rings. The lowest BCUT2D eigenvalue weighted by Gasteiger charge is -2.20. The van der Waals surface area contributed by atoms with Gasteiger partial charge in [-0.1, -0.05) is 18.2 Å². The number of hydrogen-bond donors (Lipinski definition) is 1.